The van der Waals surface area contributed by atoms with Crippen molar-refractivity contribution in [2.45, 2.75) is 119 Å². The first kappa shape index (κ1) is 53.2. The molecule has 3 fully saturated rings. The molecule has 17 nitrogen and oxygen atoms in total. The van der Waals surface area contributed by atoms with Gasteiger partial charge in [0.25, 0.3) is 5.56 Å². The number of aliphatic hydroxyl groups is 1. The van der Waals surface area contributed by atoms with Gasteiger partial charge >= 0.3 is 5.97 Å². The molecule has 3 aliphatic heterocycles. The van der Waals surface area contributed by atoms with Crippen LogP contribution in [0, 0.1) is 19.8 Å². The van der Waals surface area contributed by atoms with Crippen LogP contribution in [0.3, 0.4) is 0 Å². The number of esters is 1. The largest absolute Gasteiger partial charge is 0.466 e. The third kappa shape index (κ3) is 18.2. The minimum absolute atomic E-state index is 0. The Morgan fingerprint density at radius 2 is 1.50 bits per heavy atom. The van der Waals surface area contributed by atoms with Gasteiger partial charge in [0.15, 0.2) is 0 Å². The third-order valence-electron chi connectivity index (χ3n) is 9.78. The van der Waals surface area contributed by atoms with Gasteiger partial charge in [-0.05, 0) is 111 Å². The van der Waals surface area contributed by atoms with Crippen molar-refractivity contribution < 1.29 is 38.4 Å². The summed E-state index contributed by atoms with van der Waals surface area (Å²) < 4.78 is 30.2. The zero-order valence-electron chi connectivity index (χ0n) is 36.0. The quantitative estimate of drug-likeness (QED) is 0.0873. The van der Waals surface area contributed by atoms with E-state index in [-0.39, 0.29) is 38.7 Å². The van der Waals surface area contributed by atoms with Gasteiger partial charge in [-0.25, -0.2) is 14.3 Å². The molecule has 5 N–H and O–H groups in total. The molecule has 0 atom stereocenters. The molecule has 0 unspecified atom stereocenters. The van der Waals surface area contributed by atoms with Crippen molar-refractivity contribution in [3.8, 4) is 11.6 Å². The number of pyridine rings is 2. The molecule has 0 radical (unpaired) electrons. The second-order valence-electron chi connectivity index (χ2n) is 15.5. The van der Waals surface area contributed by atoms with Crippen LogP contribution in [-0.2, 0) is 34.1 Å². The molecule has 0 bridgehead atoms. The number of nitrogens with zero attached hydrogens (tertiary/aromatic N) is 5. The number of ketones is 1. The summed E-state index contributed by atoms with van der Waals surface area (Å²) in [6.07, 6.45) is 9.28. The number of aromatic nitrogens is 6. The molecule has 3 saturated heterocycles. The Morgan fingerprint density at radius 3 is 2.03 bits per heavy atom. The third-order valence-corrected chi connectivity index (χ3v) is 9.78. The highest BCUT2D eigenvalue weighted by molar-refractivity contribution is 5.94. The first-order valence-electron chi connectivity index (χ1n) is 20.8. The minimum atomic E-state index is -1.02. The SMILES string of the molecule is C.C.CCOC(=O)CC(C)=O.Cc1cc(=O)n(C2CCOCC2)[nH]1.Cc1cc(Oc2ccnc(Nc3ccnc(C(C)(C)O)c3)c2)n(C2CCOCC2)n1.NCC1CCOCC1. The number of H-pyrrole nitrogens is 1. The van der Waals surface area contributed by atoms with Gasteiger partial charge < -0.3 is 39.8 Å². The van der Waals surface area contributed by atoms with Crippen LogP contribution in [0.1, 0.15) is 117 Å². The Morgan fingerprint density at radius 1 is 0.903 bits per heavy atom. The smallest absolute Gasteiger partial charge is 0.313 e. The summed E-state index contributed by atoms with van der Waals surface area (Å²) in [6, 6.07) is 11.4. The number of nitrogens with one attached hydrogen (secondary N) is 2. The maximum atomic E-state index is 11.4. The molecule has 17 heteroatoms. The maximum Gasteiger partial charge on any atom is 0.313 e. The first-order chi connectivity index (χ1) is 28.7. The fourth-order valence-electron chi connectivity index (χ4n) is 6.56. The van der Waals surface area contributed by atoms with E-state index in [1.807, 2.05) is 42.8 Å². The van der Waals surface area contributed by atoms with Crippen molar-refractivity contribution in [2.75, 3.05) is 58.1 Å². The maximum absolute atomic E-state index is 11.4. The Balaban J connectivity index is 0.000000339. The summed E-state index contributed by atoms with van der Waals surface area (Å²) in [5, 5.41) is 21.1. The van der Waals surface area contributed by atoms with Crippen molar-refractivity contribution in [3.05, 3.63) is 76.2 Å². The van der Waals surface area contributed by atoms with Crippen molar-refractivity contribution in [1.82, 2.24) is 29.5 Å². The van der Waals surface area contributed by atoms with E-state index in [1.54, 1.807) is 50.0 Å². The molecule has 0 amide bonds. The van der Waals surface area contributed by atoms with Crippen molar-refractivity contribution in [3.63, 3.8) is 0 Å². The lowest BCUT2D eigenvalue weighted by atomic mass is 10.0. The van der Waals surface area contributed by atoms with E-state index in [1.165, 1.54) is 6.92 Å². The van der Waals surface area contributed by atoms with Crippen LogP contribution in [0.4, 0.5) is 11.5 Å². The van der Waals surface area contributed by atoms with E-state index in [9.17, 15) is 19.5 Å². The normalized spacial score (nSPS) is 15.7. The number of nitrogens with two attached hydrogens (primary N) is 1. The standard InChI is InChI=1S/C22H27N5O3.C9H14N2O2.C6H13NO.C6H10O3.2CH4/c1-15-12-21(27(26-15)17-6-10-29-11-7-17)30-18-5-9-24-20(14-18)25-16-4-8-23-19(13-16)22(2,3)28;1-7-6-9(12)11(10-7)8-2-4-13-5-3-8;7-5-6-1-3-8-4-2-6;1-3-9-6(8)4-5(2)7;;/h4-5,8-9,12-14,17,28H,6-7,10-11H2,1-3H3,(H,23,24,25);6,8,10H,2-5H2,1H3;6H,1-5,7H2;3-4H2,1-2H3;2*1H4. The van der Waals surface area contributed by atoms with Crippen LogP contribution < -0.4 is 21.3 Å². The van der Waals surface area contributed by atoms with E-state index in [0.29, 0.717) is 35.8 Å². The zero-order valence-corrected chi connectivity index (χ0v) is 36.0. The summed E-state index contributed by atoms with van der Waals surface area (Å²) in [5.74, 6) is 2.15. The van der Waals surface area contributed by atoms with Crippen LogP contribution >= 0.6 is 0 Å². The number of carbonyl (C=O) groups is 2. The van der Waals surface area contributed by atoms with Gasteiger partial charge in [-0.1, -0.05) is 14.9 Å². The average Bonchev–Trinajstić information content (AvgIpc) is 3.78. The Hall–Kier alpha value is -4.94. The van der Waals surface area contributed by atoms with E-state index in [0.717, 1.165) is 108 Å². The molecule has 0 aliphatic carbocycles. The molecule has 0 aromatic carbocycles. The second kappa shape index (κ2) is 27.2. The lowest BCUT2D eigenvalue weighted by Crippen LogP contribution is -2.27. The fourth-order valence-corrected chi connectivity index (χ4v) is 6.56. The topological polar surface area (TPSA) is 220 Å². The highest BCUT2D eigenvalue weighted by atomic mass is 16.5. The van der Waals surface area contributed by atoms with Crippen LogP contribution in [0.5, 0.6) is 11.6 Å². The van der Waals surface area contributed by atoms with Gasteiger partial charge in [-0.15, -0.1) is 0 Å². The van der Waals surface area contributed by atoms with Gasteiger partial charge in [0, 0.05) is 81.6 Å². The fraction of sp³-hybridized carbons (Fsp3) is 0.600. The minimum Gasteiger partial charge on any atom is -0.466 e. The number of aromatic amines is 1. The monoisotopic (exact) mass is 869 g/mol. The zero-order chi connectivity index (χ0) is 43.5. The Bertz CT molecular complexity index is 1950. The van der Waals surface area contributed by atoms with Gasteiger partial charge in [0.1, 0.15) is 29.4 Å². The Kier molecular flexibility index (Phi) is 23.3. The van der Waals surface area contributed by atoms with Gasteiger partial charge in [0.05, 0.1) is 30.1 Å². The van der Waals surface area contributed by atoms with Crippen LogP contribution in [0.15, 0.2) is 53.6 Å². The Labute approximate surface area is 367 Å². The number of aryl methyl sites for hydroxylation is 2. The van der Waals surface area contributed by atoms with Crippen molar-refractivity contribution in [2.24, 2.45) is 11.7 Å². The molecule has 4 aromatic heterocycles. The highest BCUT2D eigenvalue weighted by Crippen LogP contribution is 2.31. The average molecular weight is 869 g/mol. The number of hydrogen-bond acceptors (Lipinski definition) is 14. The van der Waals surface area contributed by atoms with Crippen LogP contribution in [0.25, 0.3) is 0 Å². The second-order valence-corrected chi connectivity index (χ2v) is 15.5. The van der Waals surface area contributed by atoms with Crippen LogP contribution in [0.2, 0.25) is 0 Å². The summed E-state index contributed by atoms with van der Waals surface area (Å²) in [5.41, 5.74) is 7.71. The molecule has 62 heavy (non-hydrogen) atoms. The number of ether oxygens (including phenoxy) is 5. The molecule has 7 rings (SSSR count). The van der Waals surface area contributed by atoms with E-state index in [4.69, 9.17) is 24.7 Å². The number of hydrogen-bond donors (Lipinski definition) is 4. The summed E-state index contributed by atoms with van der Waals surface area (Å²) in [4.78, 5) is 40.7. The van der Waals surface area contributed by atoms with Gasteiger partial charge in [-0.3, -0.25) is 24.5 Å². The lowest BCUT2D eigenvalue weighted by molar-refractivity contribution is -0.145. The molecule has 346 valence electrons. The number of carbonyl (C=O) groups excluding carboxylic acids is 2. The van der Waals surface area contributed by atoms with Gasteiger partial charge in [0.2, 0.25) is 5.88 Å². The van der Waals surface area contributed by atoms with E-state index in [2.05, 4.69) is 30.2 Å². The molecular formula is C45H72N8O9. The van der Waals surface area contributed by atoms with Crippen molar-refractivity contribution in [1.29, 1.82) is 0 Å². The summed E-state index contributed by atoms with van der Waals surface area (Å²) in [7, 11) is 0. The van der Waals surface area contributed by atoms with E-state index < -0.39 is 11.6 Å². The number of anilines is 2. The number of Topliss-reactive ketones (excluding diaryl/α,β-unsaturated/α-hetero) is 1. The number of rotatable bonds is 11. The predicted octanol–water partition coefficient (Wildman–Crippen LogP) is 7.11. The lowest BCUT2D eigenvalue weighted by Gasteiger charge is -2.23. The molecule has 0 spiro atoms. The summed E-state index contributed by atoms with van der Waals surface area (Å²) >= 11 is 0. The first-order valence-corrected chi connectivity index (χ1v) is 20.8. The highest BCUT2D eigenvalue weighted by Gasteiger charge is 2.22. The van der Waals surface area contributed by atoms with Crippen molar-refractivity contribution >= 4 is 23.3 Å². The molecular weight excluding hydrogens is 797 g/mol. The van der Waals surface area contributed by atoms with Gasteiger partial charge in [-0.2, -0.15) is 5.10 Å². The summed E-state index contributed by atoms with van der Waals surface area (Å²) in [6.45, 7) is 16.3. The molecule has 0 saturated carbocycles. The van der Waals surface area contributed by atoms with Crippen LogP contribution in [-0.4, -0.2) is 99.2 Å². The predicted molar refractivity (Wildman–Crippen MR) is 240 cm³/mol. The van der Waals surface area contributed by atoms with E-state index >= 15 is 0 Å². The molecule has 3 aliphatic rings. The molecule has 4 aromatic rings. The molecule has 7 heterocycles.